The van der Waals surface area contributed by atoms with Crippen molar-refractivity contribution < 1.29 is 9.90 Å². The van der Waals surface area contributed by atoms with Gasteiger partial charge in [0.15, 0.2) is 5.96 Å². The number of aliphatic imine (C=N–C) groups is 1. The van der Waals surface area contributed by atoms with Crippen LogP contribution in [0.15, 0.2) is 41.7 Å². The zero-order valence-corrected chi connectivity index (χ0v) is 18.5. The van der Waals surface area contributed by atoms with Crippen molar-refractivity contribution in [2.45, 2.75) is 13.3 Å². The molecule has 1 amide bonds. The number of phenolic OH excluding ortho intramolecular Hbond substituents is 1. The first-order valence-corrected chi connectivity index (χ1v) is 9.17. The average Bonchev–Trinajstić information content (AvgIpc) is 3.07. The van der Waals surface area contributed by atoms with E-state index in [1.165, 1.54) is 0 Å². The SMILES string of the molecule is CCNC(=NCCc1cccc(O)c1)N1CCN(c2cnn(C)c2)C(=O)C1.I. The third-order valence-electron chi connectivity index (χ3n) is 4.43. The van der Waals surface area contributed by atoms with Crippen LogP contribution in [0.5, 0.6) is 5.75 Å². The number of piperazine rings is 1. The zero-order chi connectivity index (χ0) is 19.2. The maximum absolute atomic E-state index is 12.6. The summed E-state index contributed by atoms with van der Waals surface area (Å²) in [5.41, 5.74) is 1.86. The highest BCUT2D eigenvalue weighted by Gasteiger charge is 2.27. The minimum atomic E-state index is 0. The number of halogens is 1. The first kappa shape index (κ1) is 22.0. The van der Waals surface area contributed by atoms with Crippen molar-refractivity contribution in [3.63, 3.8) is 0 Å². The van der Waals surface area contributed by atoms with Crippen molar-refractivity contribution in [3.8, 4) is 5.75 Å². The van der Waals surface area contributed by atoms with Crippen LogP contribution in [0.1, 0.15) is 12.5 Å². The normalized spacial score (nSPS) is 14.8. The van der Waals surface area contributed by atoms with Gasteiger partial charge in [0.25, 0.3) is 0 Å². The Labute approximate surface area is 182 Å². The number of rotatable bonds is 5. The molecule has 2 heterocycles. The second-order valence-corrected chi connectivity index (χ2v) is 6.49. The van der Waals surface area contributed by atoms with Gasteiger partial charge in [0.1, 0.15) is 12.3 Å². The summed E-state index contributed by atoms with van der Waals surface area (Å²) in [5.74, 6) is 1.05. The van der Waals surface area contributed by atoms with E-state index >= 15 is 0 Å². The van der Waals surface area contributed by atoms with Gasteiger partial charge in [-0.1, -0.05) is 12.1 Å². The summed E-state index contributed by atoms with van der Waals surface area (Å²) in [5, 5.41) is 17.0. The number of aryl methyl sites for hydroxylation is 1. The first-order valence-electron chi connectivity index (χ1n) is 9.17. The number of nitrogens with zero attached hydrogens (tertiary/aromatic N) is 5. The Kier molecular flexibility index (Phi) is 8.09. The largest absolute Gasteiger partial charge is 0.508 e. The number of benzene rings is 1. The summed E-state index contributed by atoms with van der Waals surface area (Å²) >= 11 is 0. The smallest absolute Gasteiger partial charge is 0.246 e. The van der Waals surface area contributed by atoms with Gasteiger partial charge in [-0.2, -0.15) is 5.10 Å². The number of anilines is 1. The van der Waals surface area contributed by atoms with Gasteiger partial charge in [0, 0.05) is 39.4 Å². The summed E-state index contributed by atoms with van der Waals surface area (Å²) in [6, 6.07) is 7.21. The highest BCUT2D eigenvalue weighted by molar-refractivity contribution is 14.0. The van der Waals surface area contributed by atoms with Gasteiger partial charge in [0.2, 0.25) is 5.91 Å². The summed E-state index contributed by atoms with van der Waals surface area (Å²) in [6.45, 7) is 4.93. The lowest BCUT2D eigenvalue weighted by atomic mass is 10.1. The van der Waals surface area contributed by atoms with Gasteiger partial charge in [-0.05, 0) is 31.0 Å². The van der Waals surface area contributed by atoms with E-state index in [0.717, 1.165) is 30.2 Å². The predicted molar refractivity (Wildman–Crippen MR) is 120 cm³/mol. The molecule has 2 aromatic rings. The topological polar surface area (TPSA) is 86.0 Å². The molecule has 0 spiro atoms. The number of aromatic nitrogens is 2. The van der Waals surface area contributed by atoms with Crippen LogP contribution < -0.4 is 10.2 Å². The summed E-state index contributed by atoms with van der Waals surface area (Å²) in [6.07, 6.45) is 4.29. The van der Waals surface area contributed by atoms with Crippen molar-refractivity contribution in [1.82, 2.24) is 20.0 Å². The third-order valence-corrected chi connectivity index (χ3v) is 4.43. The number of aromatic hydroxyl groups is 1. The molecule has 0 atom stereocenters. The molecule has 152 valence electrons. The highest BCUT2D eigenvalue weighted by Crippen LogP contribution is 2.16. The quantitative estimate of drug-likeness (QED) is 0.372. The number of carbonyl (C=O) groups excluding carboxylic acids is 1. The number of carbonyl (C=O) groups is 1. The maximum atomic E-state index is 12.6. The van der Waals surface area contributed by atoms with E-state index < -0.39 is 0 Å². The Hall–Kier alpha value is -2.30. The Bertz CT molecular complexity index is 822. The second-order valence-electron chi connectivity index (χ2n) is 6.49. The van der Waals surface area contributed by atoms with Gasteiger partial charge in [0.05, 0.1) is 11.9 Å². The molecule has 1 aromatic carbocycles. The molecule has 28 heavy (non-hydrogen) atoms. The van der Waals surface area contributed by atoms with Gasteiger partial charge in [-0.15, -0.1) is 24.0 Å². The first-order chi connectivity index (χ1) is 13.1. The molecule has 0 bridgehead atoms. The molecule has 1 saturated heterocycles. The fraction of sp³-hybridized carbons (Fsp3) is 0.421. The zero-order valence-electron chi connectivity index (χ0n) is 16.2. The molecule has 9 heteroatoms. The van der Waals surface area contributed by atoms with E-state index in [-0.39, 0.29) is 42.2 Å². The van der Waals surface area contributed by atoms with E-state index in [4.69, 9.17) is 0 Å². The molecule has 3 rings (SSSR count). The fourth-order valence-electron chi connectivity index (χ4n) is 3.10. The van der Waals surface area contributed by atoms with E-state index in [9.17, 15) is 9.90 Å². The monoisotopic (exact) mass is 498 g/mol. The third kappa shape index (κ3) is 5.60. The average molecular weight is 498 g/mol. The number of hydrogen-bond donors (Lipinski definition) is 2. The number of guanidine groups is 1. The molecule has 0 unspecified atom stereocenters. The molecular weight excluding hydrogens is 471 g/mol. The fourth-order valence-corrected chi connectivity index (χ4v) is 3.10. The van der Waals surface area contributed by atoms with Gasteiger partial charge in [-0.3, -0.25) is 14.5 Å². The Balaban J connectivity index is 0.00000280. The van der Waals surface area contributed by atoms with Crippen molar-refractivity contribution in [2.24, 2.45) is 12.0 Å². The van der Waals surface area contributed by atoms with Crippen LogP contribution in [-0.2, 0) is 18.3 Å². The summed E-state index contributed by atoms with van der Waals surface area (Å²) < 4.78 is 1.70. The van der Waals surface area contributed by atoms with Crippen LogP contribution in [0, 0.1) is 0 Å². The number of hydrogen-bond acceptors (Lipinski definition) is 4. The second kappa shape index (κ2) is 10.3. The van der Waals surface area contributed by atoms with Crippen molar-refractivity contribution in [1.29, 1.82) is 0 Å². The summed E-state index contributed by atoms with van der Waals surface area (Å²) in [4.78, 5) is 21.0. The van der Waals surface area contributed by atoms with E-state index in [2.05, 4.69) is 15.4 Å². The van der Waals surface area contributed by atoms with Crippen LogP contribution in [0.25, 0.3) is 0 Å². The molecule has 1 aromatic heterocycles. The number of nitrogens with one attached hydrogen (secondary N) is 1. The lowest BCUT2D eigenvalue weighted by molar-refractivity contribution is -0.120. The van der Waals surface area contributed by atoms with E-state index in [0.29, 0.717) is 19.6 Å². The standard InChI is InChI=1S/C19H26N6O2.HI/c1-3-20-19(21-8-7-15-5-4-6-17(26)11-15)24-9-10-25(18(27)14-24)16-12-22-23(2)13-16;/h4-6,11-13,26H,3,7-10,14H2,1-2H3,(H,20,21);1H. The number of amides is 1. The summed E-state index contributed by atoms with van der Waals surface area (Å²) in [7, 11) is 1.84. The molecule has 1 fully saturated rings. The Morgan fingerprint density at radius 2 is 2.18 bits per heavy atom. The molecule has 0 aliphatic carbocycles. The van der Waals surface area contributed by atoms with Crippen molar-refractivity contribution in [3.05, 3.63) is 42.2 Å². The van der Waals surface area contributed by atoms with Crippen LogP contribution >= 0.6 is 24.0 Å². The molecular formula is C19H27IN6O2. The maximum Gasteiger partial charge on any atom is 0.246 e. The van der Waals surface area contributed by atoms with E-state index in [1.54, 1.807) is 27.9 Å². The lowest BCUT2D eigenvalue weighted by Gasteiger charge is -2.35. The van der Waals surface area contributed by atoms with Crippen LogP contribution in [0.4, 0.5) is 5.69 Å². The molecule has 0 saturated carbocycles. The number of phenols is 1. The van der Waals surface area contributed by atoms with Crippen molar-refractivity contribution in [2.75, 3.05) is 37.6 Å². The van der Waals surface area contributed by atoms with Crippen LogP contribution in [0.3, 0.4) is 0 Å². The predicted octanol–water partition coefficient (Wildman–Crippen LogP) is 1.60. The van der Waals surface area contributed by atoms with Gasteiger partial charge < -0.3 is 20.2 Å². The van der Waals surface area contributed by atoms with Gasteiger partial charge >= 0.3 is 0 Å². The molecule has 0 radical (unpaired) electrons. The molecule has 1 aliphatic rings. The molecule has 2 N–H and O–H groups in total. The van der Waals surface area contributed by atoms with Crippen LogP contribution in [-0.4, -0.2) is 64.4 Å². The minimum absolute atomic E-state index is 0. The van der Waals surface area contributed by atoms with Gasteiger partial charge in [-0.25, -0.2) is 0 Å². The Morgan fingerprint density at radius 1 is 1.36 bits per heavy atom. The minimum Gasteiger partial charge on any atom is -0.508 e. The lowest BCUT2D eigenvalue weighted by Crippen LogP contribution is -2.55. The van der Waals surface area contributed by atoms with Crippen LogP contribution in [0.2, 0.25) is 0 Å². The molecule has 1 aliphatic heterocycles. The molecule has 8 nitrogen and oxygen atoms in total. The highest BCUT2D eigenvalue weighted by atomic mass is 127. The Morgan fingerprint density at radius 3 is 2.82 bits per heavy atom. The van der Waals surface area contributed by atoms with Crippen molar-refractivity contribution >= 4 is 41.5 Å². The van der Waals surface area contributed by atoms with E-state index in [1.807, 2.05) is 37.2 Å².